The van der Waals surface area contributed by atoms with Crippen molar-refractivity contribution in [2.24, 2.45) is 5.92 Å². The Morgan fingerprint density at radius 2 is 1.69 bits per heavy atom. The van der Waals surface area contributed by atoms with E-state index < -0.39 is 10.0 Å². The fourth-order valence-corrected chi connectivity index (χ4v) is 4.02. The molecule has 136 valence electrons. The van der Waals surface area contributed by atoms with Crippen LogP contribution in [0.2, 0.25) is 5.02 Å². The number of carbonyl (C=O) groups is 2. The Balaban J connectivity index is 1.92. The second-order valence-corrected chi connectivity index (χ2v) is 8.69. The minimum Gasteiger partial charge on any atom is -0.299 e. The van der Waals surface area contributed by atoms with Crippen molar-refractivity contribution in [2.75, 3.05) is 11.4 Å². The van der Waals surface area contributed by atoms with Gasteiger partial charge in [-0.25, -0.2) is 8.42 Å². The smallest absolute Gasteiger partial charge is 0.264 e. The van der Waals surface area contributed by atoms with Crippen LogP contribution in [0.15, 0.2) is 53.4 Å². The Labute approximate surface area is 157 Å². The number of para-hydroxylation sites is 1. The summed E-state index contributed by atoms with van der Waals surface area (Å²) in [4.78, 5) is 24.6. The highest BCUT2D eigenvalue weighted by atomic mass is 35.5. The molecule has 1 saturated carbocycles. The van der Waals surface area contributed by atoms with Gasteiger partial charge in [0, 0.05) is 23.6 Å². The highest BCUT2D eigenvalue weighted by molar-refractivity contribution is 7.92. The minimum atomic E-state index is -3.86. The Hall–Kier alpha value is -2.18. The molecule has 26 heavy (non-hydrogen) atoms. The zero-order valence-corrected chi connectivity index (χ0v) is 15.8. The van der Waals surface area contributed by atoms with Crippen molar-refractivity contribution < 1.29 is 18.0 Å². The molecular weight excluding hydrogens is 374 g/mol. The number of rotatable bonds is 7. The molecule has 0 radical (unpaired) electrons. The van der Waals surface area contributed by atoms with Crippen molar-refractivity contribution in [3.05, 3.63) is 59.1 Å². The standard InChI is InChI=1S/C19H18ClNO4S/c1-21(26(24,25)15-10-8-14(20)9-11-15)17-5-3-2-4-16(17)19(23)12-18(22)13-6-7-13/h2-5,8-11,13H,6-7,12H2,1H3. The first-order chi connectivity index (χ1) is 12.3. The molecule has 0 aromatic heterocycles. The van der Waals surface area contributed by atoms with Crippen LogP contribution in [0.25, 0.3) is 0 Å². The van der Waals surface area contributed by atoms with Gasteiger partial charge in [0.2, 0.25) is 0 Å². The molecule has 3 rings (SSSR count). The number of hydrogen-bond acceptors (Lipinski definition) is 4. The van der Waals surface area contributed by atoms with Gasteiger partial charge in [-0.1, -0.05) is 23.7 Å². The number of hydrogen-bond donors (Lipinski definition) is 0. The van der Waals surface area contributed by atoms with Gasteiger partial charge in [0.05, 0.1) is 17.0 Å². The number of nitrogens with zero attached hydrogens (tertiary/aromatic N) is 1. The molecule has 0 unspecified atom stereocenters. The normalized spacial score (nSPS) is 14.1. The molecule has 1 fully saturated rings. The number of Topliss-reactive ketones (excluding diaryl/α,β-unsaturated/α-hetero) is 2. The van der Waals surface area contributed by atoms with E-state index in [1.165, 1.54) is 31.3 Å². The first-order valence-electron chi connectivity index (χ1n) is 8.20. The fraction of sp³-hybridized carbons (Fsp3) is 0.263. The summed E-state index contributed by atoms with van der Waals surface area (Å²) in [5, 5.41) is 0.431. The van der Waals surface area contributed by atoms with Crippen molar-refractivity contribution in [1.82, 2.24) is 0 Å². The maximum Gasteiger partial charge on any atom is 0.264 e. The molecule has 0 N–H and O–H groups in total. The van der Waals surface area contributed by atoms with Gasteiger partial charge in [-0.05, 0) is 49.2 Å². The Morgan fingerprint density at radius 1 is 1.08 bits per heavy atom. The summed E-state index contributed by atoms with van der Waals surface area (Å²) in [5.74, 6) is -0.453. The van der Waals surface area contributed by atoms with Gasteiger partial charge in [0.1, 0.15) is 5.78 Å². The van der Waals surface area contributed by atoms with E-state index in [2.05, 4.69) is 0 Å². The second kappa shape index (κ2) is 7.21. The van der Waals surface area contributed by atoms with Gasteiger partial charge in [-0.15, -0.1) is 0 Å². The van der Waals surface area contributed by atoms with Crippen molar-refractivity contribution in [3.63, 3.8) is 0 Å². The first kappa shape index (κ1) is 18.6. The van der Waals surface area contributed by atoms with Crippen LogP contribution in [-0.4, -0.2) is 27.0 Å². The van der Waals surface area contributed by atoms with Crippen LogP contribution >= 0.6 is 11.6 Å². The lowest BCUT2D eigenvalue weighted by molar-refractivity contribution is -0.119. The molecule has 0 heterocycles. The van der Waals surface area contributed by atoms with Crippen LogP contribution < -0.4 is 4.31 Å². The van der Waals surface area contributed by atoms with Crippen molar-refractivity contribution in [3.8, 4) is 0 Å². The summed E-state index contributed by atoms with van der Waals surface area (Å²) >= 11 is 5.82. The minimum absolute atomic E-state index is 0.0124. The third-order valence-corrected chi connectivity index (χ3v) is 6.42. The Bertz CT molecular complexity index is 950. The van der Waals surface area contributed by atoms with Crippen molar-refractivity contribution in [1.29, 1.82) is 0 Å². The third-order valence-electron chi connectivity index (χ3n) is 4.38. The second-order valence-electron chi connectivity index (χ2n) is 6.28. The molecule has 0 amide bonds. The number of benzene rings is 2. The molecule has 0 saturated heterocycles. The van der Waals surface area contributed by atoms with Crippen LogP contribution in [0.3, 0.4) is 0 Å². The highest BCUT2D eigenvalue weighted by Gasteiger charge is 2.32. The first-order valence-corrected chi connectivity index (χ1v) is 10.0. The number of anilines is 1. The zero-order valence-electron chi connectivity index (χ0n) is 14.2. The van der Waals surface area contributed by atoms with E-state index in [0.717, 1.165) is 17.1 Å². The summed E-state index contributed by atoms with van der Waals surface area (Å²) < 4.78 is 26.8. The van der Waals surface area contributed by atoms with E-state index in [1.54, 1.807) is 24.3 Å². The zero-order chi connectivity index (χ0) is 18.9. The van der Waals surface area contributed by atoms with Crippen LogP contribution in [0.4, 0.5) is 5.69 Å². The number of ketones is 2. The Kier molecular flexibility index (Phi) is 5.16. The summed E-state index contributed by atoms with van der Waals surface area (Å²) in [6.45, 7) is 0. The van der Waals surface area contributed by atoms with Gasteiger partial charge in [0.25, 0.3) is 10.0 Å². The van der Waals surface area contributed by atoms with Crippen LogP contribution in [0.5, 0.6) is 0 Å². The summed E-state index contributed by atoms with van der Waals surface area (Å²) in [6.07, 6.45) is 1.47. The van der Waals surface area contributed by atoms with E-state index in [4.69, 9.17) is 11.6 Å². The van der Waals surface area contributed by atoms with Crippen molar-refractivity contribution >= 4 is 38.9 Å². The number of halogens is 1. The van der Waals surface area contributed by atoms with Gasteiger partial charge < -0.3 is 0 Å². The maximum atomic E-state index is 12.9. The summed E-state index contributed by atoms with van der Waals surface area (Å²) in [5.41, 5.74) is 0.470. The van der Waals surface area contributed by atoms with Gasteiger partial charge in [-0.2, -0.15) is 0 Å². The number of sulfonamides is 1. The molecule has 5 nitrogen and oxygen atoms in total. The molecule has 0 atom stereocenters. The molecule has 2 aromatic rings. The molecule has 0 bridgehead atoms. The molecule has 2 aromatic carbocycles. The highest BCUT2D eigenvalue weighted by Crippen LogP contribution is 2.32. The lowest BCUT2D eigenvalue weighted by Crippen LogP contribution is -2.28. The van der Waals surface area contributed by atoms with Crippen LogP contribution in [0.1, 0.15) is 29.6 Å². The predicted molar refractivity (Wildman–Crippen MR) is 100 cm³/mol. The quantitative estimate of drug-likeness (QED) is 0.532. The predicted octanol–water partition coefficient (Wildman–Crippen LogP) is 3.72. The van der Waals surface area contributed by atoms with Crippen LogP contribution in [0, 0.1) is 5.92 Å². The third kappa shape index (κ3) is 3.81. The topological polar surface area (TPSA) is 71.5 Å². The lowest BCUT2D eigenvalue weighted by atomic mass is 10.0. The van der Waals surface area contributed by atoms with Crippen LogP contribution in [-0.2, 0) is 14.8 Å². The fourth-order valence-electron chi connectivity index (χ4n) is 2.68. The number of carbonyl (C=O) groups excluding carboxylic acids is 2. The van der Waals surface area contributed by atoms with Crippen molar-refractivity contribution in [2.45, 2.75) is 24.2 Å². The van der Waals surface area contributed by atoms with E-state index in [-0.39, 0.29) is 40.1 Å². The SMILES string of the molecule is CN(c1ccccc1C(=O)CC(=O)C1CC1)S(=O)(=O)c1ccc(Cl)cc1. The Morgan fingerprint density at radius 3 is 2.31 bits per heavy atom. The van der Waals surface area contributed by atoms with E-state index in [9.17, 15) is 18.0 Å². The molecule has 0 aliphatic heterocycles. The molecule has 1 aliphatic rings. The molecule has 1 aliphatic carbocycles. The molecular formula is C19H18ClNO4S. The molecule has 7 heteroatoms. The van der Waals surface area contributed by atoms with E-state index in [1.807, 2.05) is 0 Å². The van der Waals surface area contributed by atoms with Gasteiger partial charge in [-0.3, -0.25) is 13.9 Å². The summed E-state index contributed by atoms with van der Waals surface area (Å²) in [6, 6.07) is 12.2. The average Bonchev–Trinajstić information content (AvgIpc) is 3.46. The summed E-state index contributed by atoms with van der Waals surface area (Å²) in [7, 11) is -2.47. The van der Waals surface area contributed by atoms with Gasteiger partial charge in [0.15, 0.2) is 5.78 Å². The van der Waals surface area contributed by atoms with E-state index >= 15 is 0 Å². The molecule has 0 spiro atoms. The lowest BCUT2D eigenvalue weighted by Gasteiger charge is -2.22. The van der Waals surface area contributed by atoms with Gasteiger partial charge >= 0.3 is 0 Å². The monoisotopic (exact) mass is 391 g/mol. The maximum absolute atomic E-state index is 12.9. The average molecular weight is 392 g/mol. The van der Waals surface area contributed by atoms with E-state index in [0.29, 0.717) is 5.02 Å². The largest absolute Gasteiger partial charge is 0.299 e.